The number of rotatable bonds is 6. The quantitative estimate of drug-likeness (QED) is 0.703. The van der Waals surface area contributed by atoms with Crippen LogP contribution in [-0.4, -0.2) is 53.5 Å². The highest BCUT2D eigenvalue weighted by atomic mass is 35.5. The van der Waals surface area contributed by atoms with Crippen molar-refractivity contribution in [3.05, 3.63) is 5.28 Å². The molecule has 0 spiro atoms. The van der Waals surface area contributed by atoms with Crippen molar-refractivity contribution in [3.8, 4) is 0 Å². The van der Waals surface area contributed by atoms with Crippen LogP contribution in [0.2, 0.25) is 5.28 Å². The maximum atomic E-state index is 8.92. The summed E-state index contributed by atoms with van der Waals surface area (Å²) in [6, 6.07) is 0. The van der Waals surface area contributed by atoms with E-state index in [1.54, 1.807) is 12.0 Å². The van der Waals surface area contributed by atoms with Crippen molar-refractivity contribution in [3.63, 3.8) is 0 Å². The lowest BCUT2D eigenvalue weighted by Crippen LogP contribution is -2.32. The number of anilines is 2. The average Bonchev–Trinajstić information content (AvgIpc) is 2.22. The monoisotopic (exact) mass is 247 g/mol. The number of aliphatic hydroxyl groups is 1. The second kappa shape index (κ2) is 6.41. The zero-order valence-electron chi connectivity index (χ0n) is 8.93. The largest absolute Gasteiger partial charge is 0.395 e. The maximum absolute atomic E-state index is 8.92. The zero-order valence-corrected chi connectivity index (χ0v) is 9.68. The molecule has 0 aliphatic heterocycles. The molecule has 0 fully saturated rings. The molecule has 8 heteroatoms. The summed E-state index contributed by atoms with van der Waals surface area (Å²) < 4.78 is 4.94. The van der Waals surface area contributed by atoms with Gasteiger partial charge < -0.3 is 20.5 Å². The molecule has 0 amide bonds. The van der Waals surface area contributed by atoms with Crippen LogP contribution in [0.4, 0.5) is 11.9 Å². The normalized spacial score (nSPS) is 10.4. The van der Waals surface area contributed by atoms with Crippen LogP contribution in [0, 0.1) is 0 Å². The maximum Gasteiger partial charge on any atom is 0.231 e. The Morgan fingerprint density at radius 1 is 1.38 bits per heavy atom. The zero-order chi connectivity index (χ0) is 12.0. The molecule has 0 saturated heterocycles. The first-order valence-corrected chi connectivity index (χ1v) is 5.07. The molecule has 1 rings (SSSR count). The molecule has 0 radical (unpaired) electrons. The van der Waals surface area contributed by atoms with Crippen molar-refractivity contribution in [1.82, 2.24) is 15.0 Å². The Bertz CT molecular complexity index is 318. The number of halogens is 1. The van der Waals surface area contributed by atoms with Crippen molar-refractivity contribution < 1.29 is 9.84 Å². The van der Waals surface area contributed by atoms with Gasteiger partial charge in [0.15, 0.2) is 0 Å². The summed E-state index contributed by atoms with van der Waals surface area (Å²) >= 11 is 5.67. The standard InChI is InChI=1S/C8H14ClN5O2/c1-16-5-3-14(2-4-15)8-12-6(9)11-7(10)13-8/h15H,2-5H2,1H3,(H2,10,11,12,13). The topological polar surface area (TPSA) is 97.4 Å². The van der Waals surface area contributed by atoms with E-state index in [0.29, 0.717) is 25.6 Å². The van der Waals surface area contributed by atoms with Crippen LogP contribution in [0.3, 0.4) is 0 Å². The van der Waals surface area contributed by atoms with Crippen LogP contribution >= 0.6 is 11.6 Å². The summed E-state index contributed by atoms with van der Waals surface area (Å²) in [6.07, 6.45) is 0. The number of methoxy groups -OCH3 is 1. The van der Waals surface area contributed by atoms with Gasteiger partial charge in [-0.2, -0.15) is 15.0 Å². The Labute approximate surface area is 98.2 Å². The second-order valence-corrected chi connectivity index (χ2v) is 3.30. The molecule has 0 bridgehead atoms. The third-order valence-electron chi connectivity index (χ3n) is 1.83. The van der Waals surface area contributed by atoms with E-state index in [2.05, 4.69) is 15.0 Å². The van der Waals surface area contributed by atoms with Gasteiger partial charge in [-0.05, 0) is 11.6 Å². The lowest BCUT2D eigenvalue weighted by molar-refractivity contribution is 0.202. The van der Waals surface area contributed by atoms with Crippen LogP contribution in [0.1, 0.15) is 0 Å². The van der Waals surface area contributed by atoms with Crippen molar-refractivity contribution in [2.75, 3.05) is 44.0 Å². The highest BCUT2D eigenvalue weighted by Gasteiger charge is 2.11. The van der Waals surface area contributed by atoms with E-state index in [4.69, 9.17) is 27.2 Å². The number of aliphatic hydroxyl groups excluding tert-OH is 1. The van der Waals surface area contributed by atoms with E-state index in [1.807, 2.05) is 0 Å². The van der Waals surface area contributed by atoms with E-state index in [1.165, 1.54) is 0 Å². The fourth-order valence-corrected chi connectivity index (χ4v) is 1.29. The Morgan fingerprint density at radius 3 is 2.69 bits per heavy atom. The van der Waals surface area contributed by atoms with Crippen molar-refractivity contribution in [2.45, 2.75) is 0 Å². The summed E-state index contributed by atoms with van der Waals surface area (Å²) in [6.45, 7) is 1.39. The molecule has 0 aliphatic carbocycles. The van der Waals surface area contributed by atoms with Crippen molar-refractivity contribution >= 4 is 23.5 Å². The molecule has 1 heterocycles. The van der Waals surface area contributed by atoms with Crippen molar-refractivity contribution in [2.24, 2.45) is 0 Å². The number of hydrogen-bond acceptors (Lipinski definition) is 7. The molecule has 0 aliphatic rings. The number of ether oxygens (including phenoxy) is 1. The molecule has 16 heavy (non-hydrogen) atoms. The summed E-state index contributed by atoms with van der Waals surface area (Å²) in [4.78, 5) is 13.2. The van der Waals surface area contributed by atoms with Gasteiger partial charge in [-0.3, -0.25) is 0 Å². The third kappa shape index (κ3) is 3.76. The minimum absolute atomic E-state index is 0.0209. The van der Waals surface area contributed by atoms with Gasteiger partial charge >= 0.3 is 0 Å². The van der Waals surface area contributed by atoms with Gasteiger partial charge in [-0.1, -0.05) is 0 Å². The van der Waals surface area contributed by atoms with Crippen LogP contribution in [0.25, 0.3) is 0 Å². The lowest BCUT2D eigenvalue weighted by Gasteiger charge is -2.20. The first-order chi connectivity index (χ1) is 7.67. The predicted molar refractivity (Wildman–Crippen MR) is 60.4 cm³/mol. The SMILES string of the molecule is COCCN(CCO)c1nc(N)nc(Cl)n1. The van der Waals surface area contributed by atoms with Crippen LogP contribution in [-0.2, 0) is 4.74 Å². The van der Waals surface area contributed by atoms with Crippen LogP contribution in [0.15, 0.2) is 0 Å². The third-order valence-corrected chi connectivity index (χ3v) is 2.00. The van der Waals surface area contributed by atoms with Gasteiger partial charge in [0.1, 0.15) is 0 Å². The molecule has 0 saturated carbocycles. The van der Waals surface area contributed by atoms with Gasteiger partial charge in [0.2, 0.25) is 17.2 Å². The van der Waals surface area contributed by atoms with Gasteiger partial charge in [-0.25, -0.2) is 0 Å². The Morgan fingerprint density at radius 2 is 2.12 bits per heavy atom. The van der Waals surface area contributed by atoms with Crippen LogP contribution < -0.4 is 10.6 Å². The van der Waals surface area contributed by atoms with Gasteiger partial charge in [0, 0.05) is 20.2 Å². The number of aromatic nitrogens is 3. The van der Waals surface area contributed by atoms with E-state index < -0.39 is 0 Å². The first-order valence-electron chi connectivity index (χ1n) is 4.69. The number of nitrogen functional groups attached to an aromatic ring is 1. The highest BCUT2D eigenvalue weighted by molar-refractivity contribution is 6.28. The fourth-order valence-electron chi connectivity index (χ4n) is 1.13. The highest BCUT2D eigenvalue weighted by Crippen LogP contribution is 2.11. The Kier molecular flexibility index (Phi) is 5.17. The summed E-state index contributed by atoms with van der Waals surface area (Å²) in [5, 5.41) is 8.95. The Hall–Kier alpha value is -1.18. The number of hydrogen-bond donors (Lipinski definition) is 2. The fraction of sp³-hybridized carbons (Fsp3) is 0.625. The van der Waals surface area contributed by atoms with Gasteiger partial charge in [0.25, 0.3) is 0 Å². The van der Waals surface area contributed by atoms with E-state index in [9.17, 15) is 0 Å². The minimum atomic E-state index is -0.0209. The van der Waals surface area contributed by atoms with Crippen molar-refractivity contribution in [1.29, 1.82) is 0 Å². The van der Waals surface area contributed by atoms with Gasteiger partial charge in [0.05, 0.1) is 13.2 Å². The molecule has 3 N–H and O–H groups in total. The average molecular weight is 248 g/mol. The Balaban J connectivity index is 2.82. The van der Waals surface area contributed by atoms with Crippen LogP contribution in [0.5, 0.6) is 0 Å². The summed E-state index contributed by atoms with van der Waals surface area (Å²) in [5.74, 6) is 0.388. The summed E-state index contributed by atoms with van der Waals surface area (Å²) in [5.41, 5.74) is 5.45. The molecule has 1 aromatic heterocycles. The van der Waals surface area contributed by atoms with E-state index in [-0.39, 0.29) is 17.8 Å². The molecule has 0 unspecified atom stereocenters. The molecule has 1 aromatic rings. The van der Waals surface area contributed by atoms with E-state index in [0.717, 1.165) is 0 Å². The molecular formula is C8H14ClN5O2. The van der Waals surface area contributed by atoms with Gasteiger partial charge in [-0.15, -0.1) is 0 Å². The summed E-state index contributed by atoms with van der Waals surface area (Å²) in [7, 11) is 1.59. The number of nitrogens with two attached hydrogens (primary N) is 1. The minimum Gasteiger partial charge on any atom is -0.395 e. The second-order valence-electron chi connectivity index (χ2n) is 2.97. The predicted octanol–water partition coefficient (Wildman–Crippen LogP) is -0.448. The molecule has 0 aromatic carbocycles. The molecule has 7 nitrogen and oxygen atoms in total. The lowest BCUT2D eigenvalue weighted by atomic mass is 10.5. The molecule has 90 valence electrons. The smallest absolute Gasteiger partial charge is 0.231 e. The number of nitrogens with zero attached hydrogens (tertiary/aromatic N) is 4. The molecular weight excluding hydrogens is 234 g/mol. The van der Waals surface area contributed by atoms with E-state index >= 15 is 0 Å². The molecule has 0 atom stereocenters. The first kappa shape index (κ1) is 12.9.